The maximum absolute atomic E-state index is 13.0. The van der Waals surface area contributed by atoms with Crippen LogP contribution < -0.4 is 5.32 Å². The number of para-hydroxylation sites is 1. The predicted molar refractivity (Wildman–Crippen MR) is 164 cm³/mol. The van der Waals surface area contributed by atoms with Crippen molar-refractivity contribution in [3.8, 4) is 0 Å². The van der Waals surface area contributed by atoms with Gasteiger partial charge in [-0.25, -0.2) is 9.48 Å². The molecule has 0 saturated carbocycles. The highest BCUT2D eigenvalue weighted by molar-refractivity contribution is 7.99. The highest BCUT2D eigenvalue weighted by Gasteiger charge is 2.15. The zero-order valence-corrected chi connectivity index (χ0v) is 23.4. The van der Waals surface area contributed by atoms with Crippen LogP contribution in [0.1, 0.15) is 32.1 Å². The van der Waals surface area contributed by atoms with Gasteiger partial charge in [-0.15, -0.1) is 0 Å². The number of hydrogen-bond donors (Lipinski definition) is 1. The number of nitrogens with zero attached hydrogens (tertiary/aromatic N) is 4. The van der Waals surface area contributed by atoms with E-state index in [1.54, 1.807) is 30.1 Å². The van der Waals surface area contributed by atoms with Crippen molar-refractivity contribution in [2.24, 2.45) is 0 Å². The first-order chi connectivity index (χ1) is 20.6. The molecule has 0 unspecified atom stereocenters. The molecule has 0 spiro atoms. The van der Waals surface area contributed by atoms with Crippen molar-refractivity contribution in [2.45, 2.75) is 16.5 Å². The number of pyridine rings is 2. The number of carbonyl (C=O) groups excluding carboxylic acids is 2. The van der Waals surface area contributed by atoms with Crippen molar-refractivity contribution in [1.82, 2.24) is 25.1 Å². The summed E-state index contributed by atoms with van der Waals surface area (Å²) in [6.45, 7) is -0.0947. The molecule has 6 rings (SSSR count). The summed E-state index contributed by atoms with van der Waals surface area (Å²) in [6.07, 6.45) is 7.04. The highest BCUT2D eigenvalue weighted by atomic mass is 32.2. The summed E-state index contributed by atoms with van der Waals surface area (Å²) < 4.78 is 7.36. The van der Waals surface area contributed by atoms with E-state index in [9.17, 15) is 9.59 Å². The fourth-order valence-corrected chi connectivity index (χ4v) is 5.47. The lowest BCUT2D eigenvalue weighted by Crippen LogP contribution is -2.18. The summed E-state index contributed by atoms with van der Waals surface area (Å²) >= 11 is 1.48. The van der Waals surface area contributed by atoms with E-state index in [1.165, 1.54) is 18.0 Å². The summed E-state index contributed by atoms with van der Waals surface area (Å²) in [4.78, 5) is 35.9. The van der Waals surface area contributed by atoms with Crippen LogP contribution in [0.4, 0.5) is 0 Å². The van der Waals surface area contributed by atoms with Gasteiger partial charge >= 0.3 is 5.97 Å². The van der Waals surface area contributed by atoms with Crippen molar-refractivity contribution in [3.63, 3.8) is 0 Å². The largest absolute Gasteiger partial charge is 0.439 e. The molecule has 0 atom stereocenters. The summed E-state index contributed by atoms with van der Waals surface area (Å²) in [6, 6.07) is 28.5. The minimum Gasteiger partial charge on any atom is -0.439 e. The van der Waals surface area contributed by atoms with Crippen molar-refractivity contribution < 1.29 is 14.3 Å². The zero-order valence-electron chi connectivity index (χ0n) is 22.6. The van der Waals surface area contributed by atoms with E-state index in [4.69, 9.17) is 9.84 Å². The number of carbonyl (C=O) groups is 2. The van der Waals surface area contributed by atoms with Crippen LogP contribution in [0.2, 0.25) is 0 Å². The average molecular weight is 572 g/mol. The second kappa shape index (κ2) is 12.1. The zero-order chi connectivity index (χ0) is 28.9. The fraction of sp³-hybridized carbons (Fsp3) is 0.0606. The van der Waals surface area contributed by atoms with E-state index in [2.05, 4.69) is 15.3 Å². The Hall–Kier alpha value is -5.28. The highest BCUT2D eigenvalue weighted by Crippen LogP contribution is 2.33. The molecular weight excluding hydrogens is 546 g/mol. The third-order valence-corrected chi connectivity index (χ3v) is 7.65. The van der Waals surface area contributed by atoms with E-state index in [1.807, 2.05) is 91.0 Å². The molecular formula is C33H25N5O3S. The second-order valence-corrected chi connectivity index (χ2v) is 10.4. The number of benzene rings is 3. The molecule has 0 bridgehead atoms. The molecule has 3 heterocycles. The Morgan fingerprint density at radius 2 is 1.76 bits per heavy atom. The van der Waals surface area contributed by atoms with Crippen LogP contribution in [0.15, 0.2) is 113 Å². The maximum Gasteiger partial charge on any atom is 0.341 e. The minimum absolute atomic E-state index is 0.0947. The Morgan fingerprint density at radius 3 is 2.62 bits per heavy atom. The Bertz CT molecular complexity index is 1950. The van der Waals surface area contributed by atoms with E-state index >= 15 is 0 Å². The molecule has 0 fully saturated rings. The van der Waals surface area contributed by atoms with Gasteiger partial charge in [-0.2, -0.15) is 5.10 Å². The lowest BCUT2D eigenvalue weighted by atomic mass is 10.1. The molecule has 0 saturated heterocycles. The molecule has 3 aromatic carbocycles. The molecule has 206 valence electrons. The van der Waals surface area contributed by atoms with Crippen molar-refractivity contribution in [3.05, 3.63) is 126 Å². The topological polar surface area (TPSA) is 99.0 Å². The lowest BCUT2D eigenvalue weighted by Gasteiger charge is -2.09. The lowest BCUT2D eigenvalue weighted by molar-refractivity contribution is 0.0357. The SMILES string of the molecule is CNC(=O)c1ccccc1Sc1ccc2c(/C=C/c3ccccn3)nn(COC(=O)c3cnc4ccccc4c3)c2c1. The first-order valence-corrected chi connectivity index (χ1v) is 14.0. The number of amides is 1. The first-order valence-electron chi connectivity index (χ1n) is 13.2. The van der Waals surface area contributed by atoms with Gasteiger partial charge in [0.1, 0.15) is 0 Å². The first kappa shape index (κ1) is 26.9. The van der Waals surface area contributed by atoms with Crippen molar-refractivity contribution >= 4 is 57.6 Å². The van der Waals surface area contributed by atoms with Crippen molar-refractivity contribution in [2.75, 3.05) is 7.05 Å². The number of fused-ring (bicyclic) bond motifs is 2. The molecule has 0 radical (unpaired) electrons. The van der Waals surface area contributed by atoms with Crippen LogP contribution in [-0.4, -0.2) is 38.7 Å². The molecule has 42 heavy (non-hydrogen) atoms. The average Bonchev–Trinajstić information content (AvgIpc) is 3.39. The Balaban J connectivity index is 1.32. The van der Waals surface area contributed by atoms with Gasteiger partial charge in [0.2, 0.25) is 0 Å². The monoisotopic (exact) mass is 571 g/mol. The summed E-state index contributed by atoms with van der Waals surface area (Å²) in [5.41, 5.74) is 4.05. The number of nitrogens with one attached hydrogen (secondary N) is 1. The van der Waals surface area contributed by atoms with E-state index < -0.39 is 5.97 Å². The third-order valence-electron chi connectivity index (χ3n) is 6.58. The van der Waals surface area contributed by atoms with Gasteiger partial charge in [-0.3, -0.25) is 14.8 Å². The molecule has 0 aliphatic heterocycles. The Kier molecular flexibility index (Phi) is 7.74. The molecule has 9 heteroatoms. The Morgan fingerprint density at radius 1 is 0.929 bits per heavy atom. The molecule has 8 nitrogen and oxygen atoms in total. The predicted octanol–water partition coefficient (Wildman–Crippen LogP) is 6.48. The molecule has 3 aromatic heterocycles. The van der Waals surface area contributed by atoms with Crippen LogP contribution >= 0.6 is 11.8 Å². The molecule has 1 amide bonds. The van der Waals surface area contributed by atoms with Gasteiger partial charge in [0.25, 0.3) is 5.91 Å². The number of hydrogen-bond acceptors (Lipinski definition) is 7. The normalized spacial score (nSPS) is 11.3. The van der Waals surface area contributed by atoms with Crippen LogP contribution in [0.25, 0.3) is 34.0 Å². The maximum atomic E-state index is 13.0. The van der Waals surface area contributed by atoms with Crippen molar-refractivity contribution in [1.29, 1.82) is 0 Å². The molecule has 1 N–H and O–H groups in total. The Labute approximate surface area is 246 Å². The fourth-order valence-electron chi connectivity index (χ4n) is 4.49. The number of rotatable bonds is 8. The minimum atomic E-state index is -0.493. The summed E-state index contributed by atoms with van der Waals surface area (Å²) in [7, 11) is 1.61. The van der Waals surface area contributed by atoms with Crippen LogP contribution in [-0.2, 0) is 11.5 Å². The molecule has 0 aliphatic rings. The van der Waals surface area contributed by atoms with Gasteiger partial charge in [0, 0.05) is 40.0 Å². The van der Waals surface area contributed by atoms with Gasteiger partial charge in [0.15, 0.2) is 6.73 Å². The third kappa shape index (κ3) is 5.77. The van der Waals surface area contributed by atoms with Gasteiger partial charge in [0.05, 0.1) is 33.5 Å². The van der Waals surface area contributed by atoms with E-state index in [0.717, 1.165) is 37.3 Å². The van der Waals surface area contributed by atoms with Crippen LogP contribution in [0.3, 0.4) is 0 Å². The molecule has 6 aromatic rings. The summed E-state index contributed by atoms with van der Waals surface area (Å²) in [5.74, 6) is -0.645. The van der Waals surface area contributed by atoms with Gasteiger partial charge in [-0.1, -0.05) is 48.2 Å². The summed E-state index contributed by atoms with van der Waals surface area (Å²) in [5, 5.41) is 9.20. The number of ether oxygens (including phenoxy) is 1. The van der Waals surface area contributed by atoms with Crippen LogP contribution in [0, 0.1) is 0 Å². The van der Waals surface area contributed by atoms with Gasteiger partial charge in [-0.05, 0) is 66.7 Å². The van der Waals surface area contributed by atoms with Gasteiger partial charge < -0.3 is 10.1 Å². The van der Waals surface area contributed by atoms with E-state index in [0.29, 0.717) is 16.8 Å². The second-order valence-electron chi connectivity index (χ2n) is 9.31. The standard InChI is InChI=1S/C33H25N5O3S/c1-34-32(39)27-10-3-5-12-31(27)42-25-14-15-26-29(16-13-24-9-6-7-17-35-24)37-38(30(26)19-25)21-41-33(40)23-18-22-8-2-4-11-28(22)36-20-23/h2-20H,21H2,1H3,(H,34,39)/b16-13+. The molecule has 0 aliphatic carbocycles. The number of esters is 1. The van der Waals surface area contributed by atoms with Crippen LogP contribution in [0.5, 0.6) is 0 Å². The smallest absolute Gasteiger partial charge is 0.341 e. The number of aromatic nitrogens is 4. The van der Waals surface area contributed by atoms with E-state index in [-0.39, 0.29) is 12.6 Å². The quantitative estimate of drug-likeness (QED) is 0.209.